The van der Waals surface area contributed by atoms with Crippen LogP contribution in [0.15, 0.2) is 48.5 Å². The van der Waals surface area contributed by atoms with Crippen LogP contribution in [0.3, 0.4) is 0 Å². The first-order chi connectivity index (χ1) is 13.4. The lowest BCUT2D eigenvalue weighted by atomic mass is 10.1. The van der Waals surface area contributed by atoms with Gasteiger partial charge in [-0.15, -0.1) is 0 Å². The van der Waals surface area contributed by atoms with Gasteiger partial charge >= 0.3 is 12.6 Å². The average Bonchev–Trinajstić information content (AvgIpc) is 2.66. The van der Waals surface area contributed by atoms with Gasteiger partial charge in [0, 0.05) is 17.7 Å². The topological polar surface area (TPSA) is 81.7 Å². The number of carbonyl (C=O) groups excluding carboxylic acids is 3. The lowest BCUT2D eigenvalue weighted by Crippen LogP contribution is -2.15. The number of benzene rings is 2. The van der Waals surface area contributed by atoms with Crippen LogP contribution in [-0.4, -0.2) is 30.9 Å². The van der Waals surface area contributed by atoms with Crippen molar-refractivity contribution in [1.29, 1.82) is 0 Å². The Labute approximate surface area is 160 Å². The Kier molecular flexibility index (Phi) is 7.62. The van der Waals surface area contributed by atoms with E-state index < -0.39 is 25.0 Å². The lowest BCUT2D eigenvalue weighted by molar-refractivity contribution is -0.116. The zero-order valence-corrected chi connectivity index (χ0v) is 15.1. The number of hydrogen-bond acceptors (Lipinski definition) is 5. The molecule has 0 spiro atoms. The number of ether oxygens (including phenoxy) is 2. The van der Waals surface area contributed by atoms with Crippen molar-refractivity contribution in [3.63, 3.8) is 0 Å². The Balaban J connectivity index is 1.87. The van der Waals surface area contributed by atoms with Crippen LogP contribution < -0.4 is 10.1 Å². The summed E-state index contributed by atoms with van der Waals surface area (Å²) in [6.45, 7) is -1.54. The molecular weight excluding hydrogens is 372 g/mol. The van der Waals surface area contributed by atoms with Crippen molar-refractivity contribution in [3.05, 3.63) is 59.7 Å². The Morgan fingerprint density at radius 2 is 1.57 bits per heavy atom. The molecule has 1 N–H and O–H groups in total. The summed E-state index contributed by atoms with van der Waals surface area (Å²) in [6, 6.07) is 11.2. The maximum Gasteiger partial charge on any atom is 0.387 e. The molecule has 28 heavy (non-hydrogen) atoms. The number of esters is 1. The largest absolute Gasteiger partial charge is 0.454 e. The van der Waals surface area contributed by atoms with Gasteiger partial charge in [-0.2, -0.15) is 8.78 Å². The minimum atomic E-state index is -2.96. The SMILES string of the molecule is CCCC(=O)Nc1ccc(C(=O)COC(=O)c2ccc(OC(F)F)cc2)cc1. The fourth-order valence-electron chi connectivity index (χ4n) is 2.26. The average molecular weight is 391 g/mol. The zero-order valence-electron chi connectivity index (χ0n) is 15.1. The third-order valence-corrected chi connectivity index (χ3v) is 3.62. The highest BCUT2D eigenvalue weighted by Gasteiger charge is 2.13. The molecule has 0 aromatic heterocycles. The van der Waals surface area contributed by atoms with Crippen LogP contribution in [0.1, 0.15) is 40.5 Å². The van der Waals surface area contributed by atoms with E-state index in [4.69, 9.17) is 4.74 Å². The summed E-state index contributed by atoms with van der Waals surface area (Å²) in [5.74, 6) is -1.38. The second-order valence-corrected chi connectivity index (χ2v) is 5.78. The number of Topliss-reactive ketones (excluding diaryl/α,β-unsaturated/α-hetero) is 1. The number of alkyl halides is 2. The van der Waals surface area contributed by atoms with Crippen molar-refractivity contribution in [2.24, 2.45) is 0 Å². The zero-order chi connectivity index (χ0) is 20.5. The summed E-state index contributed by atoms with van der Waals surface area (Å²) in [5, 5.41) is 2.70. The Morgan fingerprint density at radius 3 is 2.14 bits per heavy atom. The van der Waals surface area contributed by atoms with Crippen molar-refractivity contribution in [1.82, 2.24) is 0 Å². The number of rotatable bonds is 9. The lowest BCUT2D eigenvalue weighted by Gasteiger charge is -2.07. The van der Waals surface area contributed by atoms with E-state index in [9.17, 15) is 23.2 Å². The molecule has 0 aliphatic heterocycles. The highest BCUT2D eigenvalue weighted by Crippen LogP contribution is 2.16. The molecule has 0 radical (unpaired) electrons. The molecule has 2 aromatic carbocycles. The molecule has 1 amide bonds. The third kappa shape index (κ3) is 6.46. The van der Waals surface area contributed by atoms with Crippen LogP contribution in [0.4, 0.5) is 14.5 Å². The minimum absolute atomic E-state index is 0.0891. The van der Waals surface area contributed by atoms with E-state index in [0.29, 0.717) is 17.7 Å². The molecule has 8 heteroatoms. The van der Waals surface area contributed by atoms with Gasteiger partial charge in [-0.3, -0.25) is 9.59 Å². The predicted molar refractivity (Wildman–Crippen MR) is 97.7 cm³/mol. The molecule has 2 aromatic rings. The third-order valence-electron chi connectivity index (χ3n) is 3.62. The van der Waals surface area contributed by atoms with E-state index in [0.717, 1.165) is 6.42 Å². The van der Waals surface area contributed by atoms with Gasteiger partial charge in [0.2, 0.25) is 5.91 Å². The van der Waals surface area contributed by atoms with Crippen molar-refractivity contribution in [2.45, 2.75) is 26.4 Å². The van der Waals surface area contributed by atoms with Gasteiger partial charge in [-0.25, -0.2) is 4.79 Å². The van der Waals surface area contributed by atoms with Gasteiger partial charge in [0.15, 0.2) is 12.4 Å². The highest BCUT2D eigenvalue weighted by atomic mass is 19.3. The number of ketones is 1. The minimum Gasteiger partial charge on any atom is -0.454 e. The van der Waals surface area contributed by atoms with Crippen LogP contribution in [-0.2, 0) is 9.53 Å². The highest BCUT2D eigenvalue weighted by molar-refractivity contribution is 6.00. The van der Waals surface area contributed by atoms with E-state index in [1.165, 1.54) is 36.4 Å². The van der Waals surface area contributed by atoms with E-state index in [1.54, 1.807) is 12.1 Å². The molecule has 0 saturated heterocycles. The maximum absolute atomic E-state index is 12.1. The molecule has 2 rings (SSSR count). The summed E-state index contributed by atoms with van der Waals surface area (Å²) in [5.41, 5.74) is 0.989. The normalized spacial score (nSPS) is 10.4. The van der Waals surface area contributed by atoms with Gasteiger partial charge in [0.25, 0.3) is 0 Å². The van der Waals surface area contributed by atoms with Crippen molar-refractivity contribution < 1.29 is 32.6 Å². The molecule has 0 bridgehead atoms. The van der Waals surface area contributed by atoms with Gasteiger partial charge in [0.05, 0.1) is 5.56 Å². The van der Waals surface area contributed by atoms with Gasteiger partial charge in [-0.05, 0) is 55.0 Å². The van der Waals surface area contributed by atoms with Gasteiger partial charge in [-0.1, -0.05) is 6.92 Å². The summed E-state index contributed by atoms with van der Waals surface area (Å²) in [6.07, 6.45) is 1.14. The number of halogens is 2. The molecule has 148 valence electrons. The second kappa shape index (κ2) is 10.1. The van der Waals surface area contributed by atoms with Crippen LogP contribution in [0.2, 0.25) is 0 Å². The monoisotopic (exact) mass is 391 g/mol. The van der Waals surface area contributed by atoms with Crippen LogP contribution in [0.5, 0.6) is 5.75 Å². The number of anilines is 1. The molecule has 0 unspecified atom stereocenters. The second-order valence-electron chi connectivity index (χ2n) is 5.78. The smallest absolute Gasteiger partial charge is 0.387 e. The number of nitrogens with one attached hydrogen (secondary N) is 1. The van der Waals surface area contributed by atoms with Gasteiger partial charge < -0.3 is 14.8 Å². The standard InChI is InChI=1S/C20H19F2NO5/c1-2-3-18(25)23-15-8-4-13(5-9-15)17(24)12-27-19(26)14-6-10-16(11-7-14)28-20(21)22/h4-11,20H,2-3,12H2,1H3,(H,23,25). The molecule has 6 nitrogen and oxygen atoms in total. The first kappa shape index (κ1) is 21.0. The van der Waals surface area contributed by atoms with Crippen LogP contribution in [0, 0.1) is 0 Å². The fourth-order valence-corrected chi connectivity index (χ4v) is 2.26. The summed E-state index contributed by atoms with van der Waals surface area (Å²) >= 11 is 0. The van der Waals surface area contributed by atoms with Crippen molar-refractivity contribution in [2.75, 3.05) is 11.9 Å². The fraction of sp³-hybridized carbons (Fsp3) is 0.250. The molecule has 0 fully saturated rings. The summed E-state index contributed by atoms with van der Waals surface area (Å²) in [4.78, 5) is 35.6. The molecular formula is C20H19F2NO5. The molecule has 0 heterocycles. The Morgan fingerprint density at radius 1 is 0.964 bits per heavy atom. The first-order valence-electron chi connectivity index (χ1n) is 8.54. The van der Waals surface area contributed by atoms with E-state index in [1.807, 2.05) is 6.92 Å². The van der Waals surface area contributed by atoms with Crippen LogP contribution in [0.25, 0.3) is 0 Å². The predicted octanol–water partition coefficient (Wildman–Crippen LogP) is 4.07. The number of hydrogen-bond donors (Lipinski definition) is 1. The molecule has 0 aliphatic carbocycles. The number of amides is 1. The molecule has 0 saturated carbocycles. The number of carbonyl (C=O) groups is 3. The van der Waals surface area contributed by atoms with Crippen molar-refractivity contribution in [3.8, 4) is 5.75 Å². The van der Waals surface area contributed by atoms with Gasteiger partial charge in [0.1, 0.15) is 5.75 Å². The first-order valence-corrected chi connectivity index (χ1v) is 8.54. The quantitative estimate of drug-likeness (QED) is 0.515. The summed E-state index contributed by atoms with van der Waals surface area (Å²) < 4.78 is 33.3. The van der Waals surface area contributed by atoms with E-state index in [-0.39, 0.29) is 17.2 Å². The molecule has 0 atom stereocenters. The maximum atomic E-state index is 12.1. The Hall–Kier alpha value is -3.29. The van der Waals surface area contributed by atoms with E-state index >= 15 is 0 Å². The van der Waals surface area contributed by atoms with Crippen LogP contribution >= 0.6 is 0 Å². The van der Waals surface area contributed by atoms with Crippen molar-refractivity contribution >= 4 is 23.3 Å². The van der Waals surface area contributed by atoms with E-state index in [2.05, 4.69) is 10.1 Å². The summed E-state index contributed by atoms with van der Waals surface area (Å²) in [7, 11) is 0. The Bertz CT molecular complexity index is 819. The molecule has 0 aliphatic rings.